The first-order chi connectivity index (χ1) is 11.6. The molecule has 1 atom stereocenters. The fraction of sp³-hybridized carbons (Fsp3) is 0.412. The van der Waals surface area contributed by atoms with Crippen molar-refractivity contribution in [1.82, 2.24) is 9.78 Å². The number of ether oxygens (including phenoxy) is 2. The molecule has 3 rings (SSSR count). The molecule has 0 fully saturated rings. The highest BCUT2D eigenvalue weighted by Crippen LogP contribution is 2.41. The summed E-state index contributed by atoms with van der Waals surface area (Å²) in [5.41, 5.74) is 2.40. The molecule has 2 aromatic rings. The Kier molecular flexibility index (Phi) is 4.78. The Labute approximate surface area is 145 Å². The highest BCUT2D eigenvalue weighted by molar-refractivity contribution is 6.32. The quantitative estimate of drug-likeness (QED) is 0.851. The van der Waals surface area contributed by atoms with Crippen LogP contribution in [0.25, 0.3) is 0 Å². The van der Waals surface area contributed by atoms with E-state index >= 15 is 0 Å². The van der Waals surface area contributed by atoms with E-state index < -0.39 is 6.10 Å². The van der Waals surface area contributed by atoms with E-state index in [0.29, 0.717) is 17.3 Å². The number of halogens is 1. The van der Waals surface area contributed by atoms with Crippen molar-refractivity contribution in [2.75, 3.05) is 25.7 Å². The van der Waals surface area contributed by atoms with Gasteiger partial charge in [0, 0.05) is 37.5 Å². The molecule has 6 nitrogen and oxygen atoms in total. The van der Waals surface area contributed by atoms with Crippen LogP contribution in [0.5, 0.6) is 5.75 Å². The summed E-state index contributed by atoms with van der Waals surface area (Å²) in [6.45, 7) is 0.600. The van der Waals surface area contributed by atoms with Gasteiger partial charge in [0.1, 0.15) is 5.75 Å². The van der Waals surface area contributed by atoms with Crippen molar-refractivity contribution in [3.8, 4) is 5.75 Å². The highest BCUT2D eigenvalue weighted by atomic mass is 35.5. The number of aryl methyl sites for hydroxylation is 1. The number of carbonyl (C=O) groups is 1. The van der Waals surface area contributed by atoms with E-state index in [1.54, 1.807) is 42.2 Å². The minimum Gasteiger partial charge on any atom is -0.495 e. The topological polar surface area (TPSA) is 56.6 Å². The molecule has 1 aromatic carbocycles. The Bertz CT molecular complexity index is 760. The molecule has 1 amide bonds. The molecule has 0 bridgehead atoms. The number of benzene rings is 1. The minimum absolute atomic E-state index is 0.146. The summed E-state index contributed by atoms with van der Waals surface area (Å²) in [5.74, 6) is 0.496. The van der Waals surface area contributed by atoms with Gasteiger partial charge in [0.2, 0.25) is 0 Å². The van der Waals surface area contributed by atoms with E-state index in [9.17, 15) is 4.79 Å². The minimum atomic E-state index is -0.715. The van der Waals surface area contributed by atoms with Gasteiger partial charge in [-0.15, -0.1) is 0 Å². The average Bonchev–Trinajstić information content (AvgIpc) is 3.01. The van der Waals surface area contributed by atoms with Crippen LogP contribution in [0.2, 0.25) is 5.02 Å². The molecule has 1 unspecified atom stereocenters. The summed E-state index contributed by atoms with van der Waals surface area (Å²) in [5, 5.41) is 4.78. The summed E-state index contributed by atoms with van der Waals surface area (Å²) < 4.78 is 12.6. The number of rotatable bonds is 4. The fourth-order valence-corrected chi connectivity index (χ4v) is 3.38. The van der Waals surface area contributed by atoms with Gasteiger partial charge in [0.25, 0.3) is 5.91 Å². The van der Waals surface area contributed by atoms with Crippen LogP contribution in [-0.2, 0) is 23.0 Å². The van der Waals surface area contributed by atoms with Gasteiger partial charge in [-0.3, -0.25) is 9.48 Å². The molecule has 24 heavy (non-hydrogen) atoms. The second-order valence-electron chi connectivity index (χ2n) is 5.73. The van der Waals surface area contributed by atoms with E-state index in [2.05, 4.69) is 5.10 Å². The molecule has 0 radical (unpaired) electrons. The van der Waals surface area contributed by atoms with Crippen molar-refractivity contribution in [3.05, 3.63) is 40.7 Å². The van der Waals surface area contributed by atoms with Crippen LogP contribution < -0.4 is 9.64 Å². The average molecular weight is 350 g/mol. The Morgan fingerprint density at radius 1 is 1.38 bits per heavy atom. The highest BCUT2D eigenvalue weighted by Gasteiger charge is 2.33. The monoisotopic (exact) mass is 349 g/mol. The number of hydrogen-bond acceptors (Lipinski definition) is 4. The largest absolute Gasteiger partial charge is 0.495 e. The summed E-state index contributed by atoms with van der Waals surface area (Å²) in [7, 11) is 4.92. The number of anilines is 1. The van der Waals surface area contributed by atoms with Crippen LogP contribution in [0.1, 0.15) is 23.7 Å². The molecule has 2 heterocycles. The standard InChI is InChI=1S/C17H20ClN3O3/c1-20-10-11(9-19-20)16(24-3)17(22)21-8-4-5-12-13(18)6-7-14(23-2)15(12)21/h6-7,9-10,16H,4-5,8H2,1-3H3. The fourth-order valence-electron chi connectivity index (χ4n) is 3.13. The Hall–Kier alpha value is -2.05. The van der Waals surface area contributed by atoms with Crippen molar-refractivity contribution in [1.29, 1.82) is 0 Å². The Morgan fingerprint density at radius 3 is 2.79 bits per heavy atom. The summed E-state index contributed by atoms with van der Waals surface area (Å²) in [4.78, 5) is 14.9. The van der Waals surface area contributed by atoms with Crippen LogP contribution in [0, 0.1) is 0 Å². The number of aromatic nitrogens is 2. The molecule has 128 valence electrons. The molecular formula is C17H20ClN3O3. The molecular weight excluding hydrogens is 330 g/mol. The number of carbonyl (C=O) groups excluding carboxylic acids is 1. The van der Waals surface area contributed by atoms with Gasteiger partial charge >= 0.3 is 0 Å². The molecule has 1 aliphatic rings. The van der Waals surface area contributed by atoms with E-state index in [0.717, 1.165) is 29.7 Å². The number of amides is 1. The van der Waals surface area contributed by atoms with E-state index in [-0.39, 0.29) is 5.91 Å². The van der Waals surface area contributed by atoms with Gasteiger partial charge in [0.05, 0.1) is 19.0 Å². The van der Waals surface area contributed by atoms with Crippen LogP contribution in [0.15, 0.2) is 24.5 Å². The first-order valence-corrected chi connectivity index (χ1v) is 8.12. The van der Waals surface area contributed by atoms with Crippen LogP contribution in [-0.4, -0.2) is 36.5 Å². The number of fused-ring (bicyclic) bond motifs is 1. The molecule has 1 aromatic heterocycles. The van der Waals surface area contributed by atoms with Crippen molar-refractivity contribution in [3.63, 3.8) is 0 Å². The SMILES string of the molecule is COc1ccc(Cl)c2c1N(C(=O)C(OC)c1cnn(C)c1)CCC2. The predicted molar refractivity (Wildman–Crippen MR) is 91.6 cm³/mol. The Balaban J connectivity index is 2.02. The zero-order valence-electron chi connectivity index (χ0n) is 14.0. The maximum absolute atomic E-state index is 13.1. The van der Waals surface area contributed by atoms with Crippen molar-refractivity contribution in [2.45, 2.75) is 18.9 Å². The summed E-state index contributed by atoms with van der Waals surface area (Å²) in [6, 6.07) is 3.60. The molecule has 0 N–H and O–H groups in total. The zero-order chi connectivity index (χ0) is 17.3. The van der Waals surface area contributed by atoms with Gasteiger partial charge in [-0.1, -0.05) is 11.6 Å². The third kappa shape index (κ3) is 2.87. The summed E-state index contributed by atoms with van der Waals surface area (Å²) in [6.07, 6.45) is 4.38. The Morgan fingerprint density at radius 2 is 2.17 bits per heavy atom. The van der Waals surface area contributed by atoms with Crippen molar-refractivity contribution < 1.29 is 14.3 Å². The van der Waals surface area contributed by atoms with Crippen LogP contribution in [0.4, 0.5) is 5.69 Å². The number of hydrogen-bond donors (Lipinski definition) is 0. The van der Waals surface area contributed by atoms with E-state index in [4.69, 9.17) is 21.1 Å². The van der Waals surface area contributed by atoms with Crippen molar-refractivity contribution >= 4 is 23.2 Å². The molecule has 0 saturated carbocycles. The van der Waals surface area contributed by atoms with Gasteiger partial charge in [-0.2, -0.15) is 5.10 Å². The summed E-state index contributed by atoms with van der Waals surface area (Å²) >= 11 is 6.34. The lowest BCUT2D eigenvalue weighted by atomic mass is 9.99. The van der Waals surface area contributed by atoms with Crippen LogP contribution >= 0.6 is 11.6 Å². The number of methoxy groups -OCH3 is 2. The zero-order valence-corrected chi connectivity index (χ0v) is 14.7. The lowest BCUT2D eigenvalue weighted by Crippen LogP contribution is -2.39. The van der Waals surface area contributed by atoms with Crippen LogP contribution in [0.3, 0.4) is 0 Å². The van der Waals surface area contributed by atoms with Crippen molar-refractivity contribution in [2.24, 2.45) is 7.05 Å². The molecule has 0 saturated heterocycles. The van der Waals surface area contributed by atoms with Gasteiger partial charge in [-0.05, 0) is 30.5 Å². The number of nitrogens with zero attached hydrogens (tertiary/aromatic N) is 3. The first-order valence-electron chi connectivity index (χ1n) is 7.75. The maximum atomic E-state index is 13.1. The lowest BCUT2D eigenvalue weighted by Gasteiger charge is -2.33. The normalized spacial score (nSPS) is 15.1. The molecule has 7 heteroatoms. The van der Waals surface area contributed by atoms with Gasteiger partial charge in [0.15, 0.2) is 6.10 Å². The lowest BCUT2D eigenvalue weighted by molar-refractivity contribution is -0.128. The third-order valence-corrected chi connectivity index (χ3v) is 4.59. The van der Waals surface area contributed by atoms with Gasteiger partial charge in [-0.25, -0.2) is 0 Å². The smallest absolute Gasteiger partial charge is 0.260 e. The molecule has 0 spiro atoms. The third-order valence-electron chi connectivity index (χ3n) is 4.24. The molecule has 0 aliphatic carbocycles. The first kappa shape index (κ1) is 16.8. The molecule has 1 aliphatic heterocycles. The predicted octanol–water partition coefficient (Wildman–Crippen LogP) is 2.75. The van der Waals surface area contributed by atoms with E-state index in [1.807, 2.05) is 6.07 Å². The van der Waals surface area contributed by atoms with E-state index in [1.165, 1.54) is 7.11 Å². The second-order valence-corrected chi connectivity index (χ2v) is 6.14. The van der Waals surface area contributed by atoms with Gasteiger partial charge < -0.3 is 14.4 Å². The second kappa shape index (κ2) is 6.83. The maximum Gasteiger partial charge on any atom is 0.260 e.